The molecule has 1 aromatic rings. The zero-order valence-corrected chi connectivity index (χ0v) is 10.2. The summed E-state index contributed by atoms with van der Waals surface area (Å²) in [5, 5.41) is 0.113. The number of carbonyl (C=O) groups is 1. The van der Waals surface area contributed by atoms with Gasteiger partial charge in [-0.3, -0.25) is 4.79 Å². The van der Waals surface area contributed by atoms with E-state index < -0.39 is 11.7 Å². The molecule has 0 radical (unpaired) electrons. The van der Waals surface area contributed by atoms with Crippen molar-refractivity contribution in [1.29, 1.82) is 0 Å². The number of hydrogen-bond donors (Lipinski definition) is 0. The molecule has 0 heterocycles. The highest BCUT2D eigenvalue weighted by Gasteiger charge is 2.32. The van der Waals surface area contributed by atoms with E-state index in [-0.39, 0.29) is 23.1 Å². The summed E-state index contributed by atoms with van der Waals surface area (Å²) in [6.45, 7) is 1.63. The normalized spacial score (nSPS) is 11.6. The molecule has 88 valence electrons. The molecule has 1 aromatic carbocycles. The SMILES string of the molecule is CCc1cc(C(=O)CBr)ccc1C(F)(F)F. The first-order chi connectivity index (χ1) is 7.40. The molecule has 16 heavy (non-hydrogen) atoms. The number of rotatable bonds is 3. The predicted octanol–water partition coefficient (Wildman–Crippen LogP) is 3.85. The van der Waals surface area contributed by atoms with Crippen LogP contribution in [-0.4, -0.2) is 11.1 Å². The van der Waals surface area contributed by atoms with Gasteiger partial charge in [-0.2, -0.15) is 13.2 Å². The number of ketones is 1. The van der Waals surface area contributed by atoms with E-state index in [1.165, 1.54) is 12.1 Å². The molecule has 0 aliphatic heterocycles. The first-order valence-electron chi connectivity index (χ1n) is 4.69. The van der Waals surface area contributed by atoms with Gasteiger partial charge >= 0.3 is 6.18 Å². The largest absolute Gasteiger partial charge is 0.416 e. The first-order valence-corrected chi connectivity index (χ1v) is 5.81. The Labute approximate surface area is 99.8 Å². The van der Waals surface area contributed by atoms with Crippen molar-refractivity contribution in [2.45, 2.75) is 19.5 Å². The number of hydrogen-bond acceptors (Lipinski definition) is 1. The summed E-state index contributed by atoms with van der Waals surface area (Å²) >= 11 is 2.98. The van der Waals surface area contributed by atoms with Gasteiger partial charge in [0.2, 0.25) is 0 Å². The molecule has 0 amide bonds. The second-order valence-electron chi connectivity index (χ2n) is 3.28. The van der Waals surface area contributed by atoms with Gasteiger partial charge in [0.1, 0.15) is 0 Å². The highest BCUT2D eigenvalue weighted by atomic mass is 79.9. The molecule has 0 bridgehead atoms. The molecule has 5 heteroatoms. The smallest absolute Gasteiger partial charge is 0.293 e. The Kier molecular flexibility index (Phi) is 4.13. The van der Waals surface area contributed by atoms with Crippen LogP contribution in [0.25, 0.3) is 0 Å². The molecule has 0 saturated heterocycles. The minimum atomic E-state index is -4.36. The van der Waals surface area contributed by atoms with Crippen LogP contribution in [0.4, 0.5) is 13.2 Å². The molecule has 0 atom stereocenters. The number of Topliss-reactive ketones (excluding diaryl/α,β-unsaturated/α-hetero) is 1. The third-order valence-corrected chi connectivity index (χ3v) is 2.74. The van der Waals surface area contributed by atoms with Gasteiger partial charge in [0.15, 0.2) is 5.78 Å². The quantitative estimate of drug-likeness (QED) is 0.611. The Hall–Kier alpha value is -0.840. The van der Waals surface area contributed by atoms with Crippen molar-refractivity contribution in [2.75, 3.05) is 5.33 Å². The lowest BCUT2D eigenvalue weighted by molar-refractivity contribution is -0.138. The highest BCUT2D eigenvalue weighted by Crippen LogP contribution is 2.32. The average Bonchev–Trinajstić information content (AvgIpc) is 2.25. The zero-order valence-electron chi connectivity index (χ0n) is 8.57. The van der Waals surface area contributed by atoms with Gasteiger partial charge in [0.05, 0.1) is 10.9 Å². The van der Waals surface area contributed by atoms with E-state index in [1.807, 2.05) is 0 Å². The van der Waals surface area contributed by atoms with Gasteiger partial charge in [-0.05, 0) is 24.1 Å². The fourth-order valence-electron chi connectivity index (χ4n) is 1.41. The lowest BCUT2D eigenvalue weighted by Gasteiger charge is -2.12. The Morgan fingerprint density at radius 3 is 2.44 bits per heavy atom. The van der Waals surface area contributed by atoms with Crippen molar-refractivity contribution in [3.8, 4) is 0 Å². The van der Waals surface area contributed by atoms with Crippen molar-refractivity contribution >= 4 is 21.7 Å². The molecule has 1 rings (SSSR count). The van der Waals surface area contributed by atoms with Gasteiger partial charge < -0.3 is 0 Å². The van der Waals surface area contributed by atoms with Crippen molar-refractivity contribution < 1.29 is 18.0 Å². The third kappa shape index (κ3) is 2.84. The number of benzene rings is 1. The number of carbonyl (C=O) groups excluding carboxylic acids is 1. The third-order valence-electron chi connectivity index (χ3n) is 2.23. The Balaban J connectivity index is 3.22. The zero-order chi connectivity index (χ0) is 12.3. The van der Waals surface area contributed by atoms with Crippen molar-refractivity contribution in [3.63, 3.8) is 0 Å². The van der Waals surface area contributed by atoms with Crippen LogP contribution in [0.2, 0.25) is 0 Å². The summed E-state index contributed by atoms with van der Waals surface area (Å²) in [5.41, 5.74) is -0.206. The van der Waals surface area contributed by atoms with Crippen LogP contribution in [0, 0.1) is 0 Å². The summed E-state index contributed by atoms with van der Waals surface area (Å²) in [6, 6.07) is 3.49. The molecular formula is C11H10BrF3O. The summed E-state index contributed by atoms with van der Waals surface area (Å²) in [7, 11) is 0. The van der Waals surface area contributed by atoms with Gasteiger partial charge in [-0.15, -0.1) is 0 Å². The number of aryl methyl sites for hydroxylation is 1. The highest BCUT2D eigenvalue weighted by molar-refractivity contribution is 9.09. The summed E-state index contributed by atoms with van der Waals surface area (Å²) in [5.74, 6) is -0.219. The molecule has 0 spiro atoms. The minimum absolute atomic E-state index is 0.113. The standard InChI is InChI=1S/C11H10BrF3O/c1-2-7-5-8(10(16)6-12)3-4-9(7)11(13,14)15/h3-5H,2,6H2,1H3. The second-order valence-corrected chi connectivity index (χ2v) is 3.84. The van der Waals surface area contributed by atoms with E-state index in [0.717, 1.165) is 6.07 Å². The van der Waals surface area contributed by atoms with Crippen LogP contribution in [-0.2, 0) is 12.6 Å². The summed E-state index contributed by atoms with van der Waals surface area (Å²) in [4.78, 5) is 11.3. The number of alkyl halides is 4. The molecule has 0 saturated carbocycles. The first kappa shape index (κ1) is 13.2. The second kappa shape index (κ2) is 4.99. The summed E-state index contributed by atoms with van der Waals surface area (Å²) < 4.78 is 37.7. The minimum Gasteiger partial charge on any atom is -0.293 e. The maximum absolute atomic E-state index is 12.6. The van der Waals surface area contributed by atoms with E-state index in [9.17, 15) is 18.0 Å². The van der Waals surface area contributed by atoms with Gasteiger partial charge in [0, 0.05) is 5.56 Å². The lowest BCUT2D eigenvalue weighted by Crippen LogP contribution is -2.10. The Morgan fingerprint density at radius 2 is 2.00 bits per heavy atom. The fraction of sp³-hybridized carbons (Fsp3) is 0.364. The predicted molar refractivity (Wildman–Crippen MR) is 58.9 cm³/mol. The monoisotopic (exact) mass is 294 g/mol. The van der Waals surface area contributed by atoms with Crippen LogP contribution in [0.1, 0.15) is 28.4 Å². The Bertz CT molecular complexity index is 399. The van der Waals surface area contributed by atoms with Crippen LogP contribution < -0.4 is 0 Å². The maximum Gasteiger partial charge on any atom is 0.416 e. The van der Waals surface area contributed by atoms with Gasteiger partial charge in [0.25, 0.3) is 0 Å². The fourth-order valence-corrected chi connectivity index (χ4v) is 1.74. The summed E-state index contributed by atoms with van der Waals surface area (Å²) in [6.07, 6.45) is -4.11. The van der Waals surface area contributed by atoms with Crippen LogP contribution >= 0.6 is 15.9 Å². The van der Waals surface area contributed by atoms with Crippen molar-refractivity contribution in [2.24, 2.45) is 0 Å². The molecular weight excluding hydrogens is 285 g/mol. The maximum atomic E-state index is 12.6. The van der Waals surface area contributed by atoms with E-state index in [2.05, 4.69) is 15.9 Å². The molecule has 0 fully saturated rings. The average molecular weight is 295 g/mol. The molecule has 1 nitrogen and oxygen atoms in total. The molecule has 0 aliphatic rings. The van der Waals surface area contributed by atoms with E-state index in [1.54, 1.807) is 6.92 Å². The van der Waals surface area contributed by atoms with Crippen molar-refractivity contribution in [1.82, 2.24) is 0 Å². The van der Waals surface area contributed by atoms with E-state index in [0.29, 0.717) is 5.56 Å². The van der Waals surface area contributed by atoms with E-state index in [4.69, 9.17) is 0 Å². The number of halogens is 4. The topological polar surface area (TPSA) is 17.1 Å². The van der Waals surface area contributed by atoms with E-state index >= 15 is 0 Å². The lowest BCUT2D eigenvalue weighted by atomic mass is 10.00. The van der Waals surface area contributed by atoms with Gasteiger partial charge in [-0.25, -0.2) is 0 Å². The molecule has 0 N–H and O–H groups in total. The van der Waals surface area contributed by atoms with Gasteiger partial charge in [-0.1, -0.05) is 28.9 Å². The molecule has 0 aromatic heterocycles. The van der Waals surface area contributed by atoms with Crippen LogP contribution in [0.15, 0.2) is 18.2 Å². The molecule has 0 unspecified atom stereocenters. The Morgan fingerprint density at radius 1 is 1.38 bits per heavy atom. The van der Waals surface area contributed by atoms with Crippen LogP contribution in [0.5, 0.6) is 0 Å². The molecule has 0 aliphatic carbocycles. The van der Waals surface area contributed by atoms with Crippen molar-refractivity contribution in [3.05, 3.63) is 34.9 Å². The van der Waals surface area contributed by atoms with Crippen LogP contribution in [0.3, 0.4) is 0 Å².